The van der Waals surface area contributed by atoms with Crippen molar-refractivity contribution in [3.8, 4) is 0 Å². The van der Waals surface area contributed by atoms with Crippen LogP contribution in [0.2, 0.25) is 0 Å². The number of azo groups is 1. The molecule has 3 heterocycles. The van der Waals surface area contributed by atoms with Crippen LogP contribution < -0.4 is 21.3 Å². The number of carbonyl (C=O) groups excluding carboxylic acids is 1. The summed E-state index contributed by atoms with van der Waals surface area (Å²) in [5.74, 6) is 0.344. The Bertz CT molecular complexity index is 1450. The lowest BCUT2D eigenvalue weighted by molar-refractivity contribution is -0.114. The molecule has 4 aromatic rings. The molecular formula is C26H30N10O. The maximum Gasteiger partial charge on any atom is 0.231 e. The van der Waals surface area contributed by atoms with E-state index < -0.39 is 0 Å². The monoisotopic (exact) mass is 498 g/mol. The lowest BCUT2D eigenvalue weighted by Gasteiger charge is -2.17. The van der Waals surface area contributed by atoms with E-state index in [1.165, 1.54) is 25.5 Å². The maximum atomic E-state index is 11.8. The molecule has 0 spiro atoms. The highest BCUT2D eigenvalue weighted by atomic mass is 16.1. The van der Waals surface area contributed by atoms with Gasteiger partial charge in [-0.2, -0.15) is 20.2 Å². The lowest BCUT2D eigenvalue weighted by atomic mass is 10.2. The van der Waals surface area contributed by atoms with Crippen molar-refractivity contribution >= 4 is 57.3 Å². The van der Waals surface area contributed by atoms with E-state index in [1.807, 2.05) is 30.5 Å². The molecule has 4 N–H and O–H groups in total. The van der Waals surface area contributed by atoms with E-state index in [4.69, 9.17) is 5.73 Å². The number of carbonyl (C=O) groups is 1. The molecule has 2 aromatic carbocycles. The zero-order valence-corrected chi connectivity index (χ0v) is 21.1. The Balaban J connectivity index is 1.42. The van der Waals surface area contributed by atoms with Gasteiger partial charge in [-0.1, -0.05) is 0 Å². The first-order valence-corrected chi connectivity index (χ1v) is 12.3. The van der Waals surface area contributed by atoms with Crippen LogP contribution in [0.4, 0.5) is 40.2 Å². The van der Waals surface area contributed by atoms with Gasteiger partial charge in [0.1, 0.15) is 5.52 Å². The predicted octanol–water partition coefficient (Wildman–Crippen LogP) is 5.71. The Morgan fingerprint density at radius 3 is 2.41 bits per heavy atom. The second kappa shape index (κ2) is 10.2. The molecule has 0 bridgehead atoms. The Morgan fingerprint density at radius 2 is 1.70 bits per heavy atom. The van der Waals surface area contributed by atoms with Crippen LogP contribution in [0.1, 0.15) is 39.7 Å². The van der Waals surface area contributed by atoms with Gasteiger partial charge in [-0.25, -0.2) is 4.98 Å². The highest BCUT2D eigenvalue weighted by molar-refractivity contribution is 5.94. The third-order valence-corrected chi connectivity index (χ3v) is 6.17. The van der Waals surface area contributed by atoms with Gasteiger partial charge in [-0.15, -0.1) is 0 Å². The van der Waals surface area contributed by atoms with Crippen molar-refractivity contribution in [1.29, 1.82) is 0 Å². The number of rotatable bonds is 7. The van der Waals surface area contributed by atoms with Gasteiger partial charge < -0.3 is 25.8 Å². The van der Waals surface area contributed by atoms with E-state index in [-0.39, 0.29) is 23.7 Å². The zero-order valence-electron chi connectivity index (χ0n) is 21.1. The number of nitrogens with two attached hydrogens (primary N) is 1. The molecule has 0 atom stereocenters. The molecule has 1 saturated heterocycles. The molecule has 190 valence electrons. The quantitative estimate of drug-likeness (QED) is 0.277. The van der Waals surface area contributed by atoms with Crippen molar-refractivity contribution in [2.24, 2.45) is 10.2 Å². The molecule has 5 rings (SSSR count). The van der Waals surface area contributed by atoms with Gasteiger partial charge in [0.15, 0.2) is 11.5 Å². The number of hydrogen-bond acceptors (Lipinski definition) is 9. The smallest absolute Gasteiger partial charge is 0.231 e. The van der Waals surface area contributed by atoms with Crippen LogP contribution in [-0.4, -0.2) is 38.5 Å². The van der Waals surface area contributed by atoms with E-state index >= 15 is 0 Å². The summed E-state index contributed by atoms with van der Waals surface area (Å²) < 4.78 is 1.92. The molecule has 0 unspecified atom stereocenters. The van der Waals surface area contributed by atoms with Crippen molar-refractivity contribution < 1.29 is 4.79 Å². The molecule has 1 fully saturated rings. The topological polar surface area (TPSA) is 139 Å². The first-order valence-electron chi connectivity index (χ1n) is 12.3. The second-order valence-corrected chi connectivity index (χ2v) is 9.30. The SMILES string of the molecule is CC(=O)Nc1ccc(N=Nc2ccc(N3CCCC3)cc2)cc1Nc1nc(N)c2ncn(C(C)C)c2n1. The highest BCUT2D eigenvalue weighted by Crippen LogP contribution is 2.32. The fourth-order valence-electron chi connectivity index (χ4n) is 4.31. The van der Waals surface area contributed by atoms with Crippen molar-refractivity contribution in [2.75, 3.05) is 34.4 Å². The average molecular weight is 499 g/mol. The lowest BCUT2D eigenvalue weighted by Crippen LogP contribution is -2.17. The van der Waals surface area contributed by atoms with E-state index in [1.54, 1.807) is 24.5 Å². The summed E-state index contributed by atoms with van der Waals surface area (Å²) in [6.07, 6.45) is 4.17. The largest absolute Gasteiger partial charge is 0.382 e. The number of aromatic nitrogens is 4. The van der Waals surface area contributed by atoms with E-state index in [2.05, 4.69) is 52.8 Å². The van der Waals surface area contributed by atoms with Gasteiger partial charge in [-0.3, -0.25) is 4.79 Å². The maximum absolute atomic E-state index is 11.8. The summed E-state index contributed by atoms with van der Waals surface area (Å²) in [5, 5.41) is 14.8. The van der Waals surface area contributed by atoms with Crippen molar-refractivity contribution in [3.05, 3.63) is 48.8 Å². The summed E-state index contributed by atoms with van der Waals surface area (Å²) in [5.41, 5.74) is 11.0. The van der Waals surface area contributed by atoms with Gasteiger partial charge in [0.05, 0.1) is 29.1 Å². The zero-order chi connectivity index (χ0) is 25.9. The first-order chi connectivity index (χ1) is 17.9. The van der Waals surface area contributed by atoms with Crippen LogP contribution in [0.3, 0.4) is 0 Å². The molecular weight excluding hydrogens is 468 g/mol. The number of fused-ring (bicyclic) bond motifs is 1. The standard InChI is InChI=1S/C26H30N10O/c1-16(2)36-15-28-23-24(27)31-26(32-25(23)36)30-22-14-19(8-11-21(22)29-17(3)37)34-33-18-6-9-20(10-7-18)35-12-4-5-13-35/h6-11,14-16H,4-5,12-13H2,1-3H3,(H,29,37)(H3,27,30,31,32). The second-order valence-electron chi connectivity index (χ2n) is 9.30. The van der Waals surface area contributed by atoms with Crippen LogP contribution in [0.15, 0.2) is 59.0 Å². The van der Waals surface area contributed by atoms with Gasteiger partial charge in [0.25, 0.3) is 0 Å². The molecule has 0 saturated carbocycles. The number of nitrogens with zero attached hydrogens (tertiary/aromatic N) is 7. The summed E-state index contributed by atoms with van der Waals surface area (Å²) in [7, 11) is 0. The third kappa shape index (κ3) is 5.35. The molecule has 1 amide bonds. The number of nitrogen functional groups attached to an aromatic ring is 1. The van der Waals surface area contributed by atoms with Crippen LogP contribution in [0.5, 0.6) is 0 Å². The number of hydrogen-bond donors (Lipinski definition) is 3. The summed E-state index contributed by atoms with van der Waals surface area (Å²) in [4.78, 5) is 27.5. The van der Waals surface area contributed by atoms with Crippen LogP contribution in [0, 0.1) is 0 Å². The number of anilines is 5. The minimum Gasteiger partial charge on any atom is -0.382 e. The van der Waals surface area contributed by atoms with Gasteiger partial charge in [-0.05, 0) is 69.2 Å². The van der Waals surface area contributed by atoms with E-state index in [0.29, 0.717) is 28.2 Å². The normalized spacial score (nSPS) is 13.7. The van der Waals surface area contributed by atoms with Crippen LogP contribution in [0.25, 0.3) is 11.2 Å². The molecule has 0 aliphatic carbocycles. The molecule has 1 aliphatic heterocycles. The predicted molar refractivity (Wildman–Crippen MR) is 146 cm³/mol. The number of benzene rings is 2. The summed E-state index contributed by atoms with van der Waals surface area (Å²) in [6.45, 7) is 7.72. The number of amides is 1. The molecule has 1 aliphatic rings. The van der Waals surface area contributed by atoms with Crippen LogP contribution in [-0.2, 0) is 4.79 Å². The minimum absolute atomic E-state index is 0.148. The fourth-order valence-corrected chi connectivity index (χ4v) is 4.31. The Labute approximate surface area is 214 Å². The number of imidazole rings is 1. The van der Waals surface area contributed by atoms with Crippen molar-refractivity contribution in [2.45, 2.75) is 39.7 Å². The Hall–Kier alpha value is -4.54. The summed E-state index contributed by atoms with van der Waals surface area (Å²) >= 11 is 0. The Morgan fingerprint density at radius 1 is 1.00 bits per heavy atom. The van der Waals surface area contributed by atoms with Crippen molar-refractivity contribution in [1.82, 2.24) is 19.5 Å². The molecule has 11 nitrogen and oxygen atoms in total. The fraction of sp³-hybridized carbons (Fsp3) is 0.308. The van der Waals surface area contributed by atoms with Crippen molar-refractivity contribution in [3.63, 3.8) is 0 Å². The first kappa shape index (κ1) is 24.2. The minimum atomic E-state index is -0.204. The van der Waals surface area contributed by atoms with Gasteiger partial charge >= 0.3 is 0 Å². The van der Waals surface area contributed by atoms with E-state index in [0.717, 1.165) is 18.8 Å². The molecule has 37 heavy (non-hydrogen) atoms. The van der Waals surface area contributed by atoms with Gasteiger partial charge in [0.2, 0.25) is 11.9 Å². The Kier molecular flexibility index (Phi) is 6.67. The third-order valence-electron chi connectivity index (χ3n) is 6.17. The number of nitrogens with one attached hydrogen (secondary N) is 2. The van der Waals surface area contributed by atoms with Gasteiger partial charge in [0, 0.05) is 31.7 Å². The molecule has 11 heteroatoms. The average Bonchev–Trinajstić information content (AvgIpc) is 3.55. The summed E-state index contributed by atoms with van der Waals surface area (Å²) in [6, 6.07) is 13.5. The molecule has 0 radical (unpaired) electrons. The van der Waals surface area contributed by atoms with E-state index in [9.17, 15) is 4.79 Å². The molecule has 2 aromatic heterocycles. The highest BCUT2D eigenvalue weighted by Gasteiger charge is 2.15. The van der Waals surface area contributed by atoms with Crippen LogP contribution >= 0.6 is 0 Å².